The zero-order chi connectivity index (χ0) is 28.6. The summed E-state index contributed by atoms with van der Waals surface area (Å²) in [6, 6.07) is 22.5. The molecule has 0 unspecified atom stereocenters. The summed E-state index contributed by atoms with van der Waals surface area (Å²) in [4.78, 5) is 28.6. The van der Waals surface area contributed by atoms with Gasteiger partial charge in [0, 0.05) is 12.6 Å². The highest BCUT2D eigenvalue weighted by atomic mass is 32.2. The summed E-state index contributed by atoms with van der Waals surface area (Å²) >= 11 is 0. The van der Waals surface area contributed by atoms with Crippen molar-refractivity contribution in [3.05, 3.63) is 95.6 Å². The Hall–Kier alpha value is -3.65. The molecule has 0 bridgehead atoms. The summed E-state index contributed by atoms with van der Waals surface area (Å²) in [5, 5.41) is 2.95. The number of benzene rings is 3. The summed E-state index contributed by atoms with van der Waals surface area (Å²) in [5.41, 5.74) is 3.10. The van der Waals surface area contributed by atoms with E-state index in [4.69, 9.17) is 0 Å². The van der Waals surface area contributed by atoms with Gasteiger partial charge in [0.2, 0.25) is 11.8 Å². The monoisotopic (exact) mass is 549 g/mol. The Bertz CT molecular complexity index is 1360. The van der Waals surface area contributed by atoms with Crippen LogP contribution in [0.5, 0.6) is 0 Å². The van der Waals surface area contributed by atoms with Gasteiger partial charge in [0.1, 0.15) is 12.6 Å². The van der Waals surface area contributed by atoms with Crippen LogP contribution in [0, 0.1) is 13.8 Å². The average molecular weight is 550 g/mol. The first kappa shape index (κ1) is 29.9. The Labute approximate surface area is 232 Å². The lowest BCUT2D eigenvalue weighted by atomic mass is 10.1. The maximum Gasteiger partial charge on any atom is 0.264 e. The zero-order valence-corrected chi connectivity index (χ0v) is 24.2. The Kier molecular flexibility index (Phi) is 10.3. The molecule has 7 nitrogen and oxygen atoms in total. The second kappa shape index (κ2) is 13.4. The molecule has 3 rings (SSSR count). The van der Waals surface area contributed by atoms with Crippen LogP contribution >= 0.6 is 0 Å². The van der Waals surface area contributed by atoms with Crippen molar-refractivity contribution in [2.75, 3.05) is 17.4 Å². The van der Waals surface area contributed by atoms with Crippen LogP contribution in [0.2, 0.25) is 0 Å². The van der Waals surface area contributed by atoms with Crippen LogP contribution in [0.3, 0.4) is 0 Å². The molecule has 0 fully saturated rings. The summed E-state index contributed by atoms with van der Waals surface area (Å²) in [6.45, 7) is 9.11. The lowest BCUT2D eigenvalue weighted by Gasteiger charge is -2.33. The van der Waals surface area contributed by atoms with Crippen molar-refractivity contribution >= 4 is 27.5 Å². The molecule has 0 heterocycles. The molecule has 3 aromatic carbocycles. The minimum Gasteiger partial charge on any atom is -0.352 e. The predicted molar refractivity (Wildman–Crippen MR) is 156 cm³/mol. The first-order valence-electron chi connectivity index (χ1n) is 13.3. The van der Waals surface area contributed by atoms with Crippen LogP contribution in [-0.4, -0.2) is 50.3 Å². The van der Waals surface area contributed by atoms with E-state index in [2.05, 4.69) is 5.32 Å². The Morgan fingerprint density at radius 1 is 0.872 bits per heavy atom. The van der Waals surface area contributed by atoms with E-state index in [0.717, 1.165) is 27.4 Å². The maximum absolute atomic E-state index is 13.9. The highest BCUT2D eigenvalue weighted by Gasteiger charge is 2.33. The number of sulfonamides is 1. The number of carbonyl (C=O) groups is 2. The Balaban J connectivity index is 1.98. The molecule has 0 radical (unpaired) electrons. The predicted octanol–water partition coefficient (Wildman–Crippen LogP) is 4.87. The molecule has 1 N–H and O–H groups in total. The maximum atomic E-state index is 13.9. The van der Waals surface area contributed by atoms with Gasteiger partial charge >= 0.3 is 0 Å². The summed E-state index contributed by atoms with van der Waals surface area (Å²) < 4.78 is 29.0. The molecule has 0 aliphatic carbocycles. The van der Waals surface area contributed by atoms with E-state index < -0.39 is 28.5 Å². The van der Waals surface area contributed by atoms with Gasteiger partial charge in [0.15, 0.2) is 0 Å². The van der Waals surface area contributed by atoms with Gasteiger partial charge in [0.05, 0.1) is 10.6 Å². The van der Waals surface area contributed by atoms with E-state index in [0.29, 0.717) is 12.1 Å². The summed E-state index contributed by atoms with van der Waals surface area (Å²) in [5.74, 6) is -0.716. The third-order valence-electron chi connectivity index (χ3n) is 6.92. The van der Waals surface area contributed by atoms with E-state index in [1.54, 1.807) is 43.3 Å². The topological polar surface area (TPSA) is 86.8 Å². The van der Waals surface area contributed by atoms with Gasteiger partial charge in [0.25, 0.3) is 10.0 Å². The van der Waals surface area contributed by atoms with E-state index in [-0.39, 0.29) is 23.4 Å². The second-order valence-corrected chi connectivity index (χ2v) is 11.8. The Morgan fingerprint density at radius 3 is 2.10 bits per heavy atom. The van der Waals surface area contributed by atoms with Crippen molar-refractivity contribution in [1.82, 2.24) is 10.2 Å². The standard InChI is InChI=1S/C31H39N3O4S/c1-6-25(4)32-31(36)26(5)33(21-20-27-13-8-7-9-14-27)30(35)22-34(29-15-11-10-12-24(29)3)39(37,38)28-18-16-23(2)17-19-28/h7-19,25-26H,6,20-22H2,1-5H3,(H,32,36)/t25-,26+/m0/s1. The lowest BCUT2D eigenvalue weighted by Crippen LogP contribution is -2.53. The summed E-state index contributed by atoms with van der Waals surface area (Å²) in [7, 11) is -4.07. The minimum atomic E-state index is -4.07. The van der Waals surface area contributed by atoms with Crippen LogP contribution in [0.25, 0.3) is 0 Å². The SMILES string of the molecule is CC[C@H](C)NC(=O)[C@@H](C)N(CCc1ccccc1)C(=O)CN(c1ccccc1C)S(=O)(=O)c1ccc(C)cc1. The molecule has 0 saturated carbocycles. The molecule has 3 aromatic rings. The van der Waals surface area contributed by atoms with Crippen LogP contribution in [-0.2, 0) is 26.0 Å². The first-order valence-corrected chi connectivity index (χ1v) is 14.8. The smallest absolute Gasteiger partial charge is 0.264 e. The molecular weight excluding hydrogens is 510 g/mol. The normalized spacial score (nSPS) is 12.8. The van der Waals surface area contributed by atoms with E-state index in [1.165, 1.54) is 4.90 Å². The fourth-order valence-electron chi connectivity index (χ4n) is 4.23. The van der Waals surface area contributed by atoms with Gasteiger partial charge < -0.3 is 10.2 Å². The molecule has 0 aromatic heterocycles. The largest absolute Gasteiger partial charge is 0.352 e. The molecule has 0 spiro atoms. The lowest BCUT2D eigenvalue weighted by molar-refractivity contribution is -0.139. The fourth-order valence-corrected chi connectivity index (χ4v) is 5.71. The minimum absolute atomic E-state index is 0.0450. The molecule has 208 valence electrons. The van der Waals surface area contributed by atoms with Gasteiger partial charge in [-0.1, -0.05) is 73.2 Å². The van der Waals surface area contributed by atoms with Crippen molar-refractivity contribution in [2.45, 2.75) is 64.4 Å². The molecule has 39 heavy (non-hydrogen) atoms. The van der Waals surface area contributed by atoms with Gasteiger partial charge in [-0.25, -0.2) is 8.42 Å². The number of nitrogens with one attached hydrogen (secondary N) is 1. The van der Waals surface area contributed by atoms with Gasteiger partial charge in [-0.05, 0) is 69.9 Å². The van der Waals surface area contributed by atoms with Crippen molar-refractivity contribution < 1.29 is 18.0 Å². The Morgan fingerprint density at radius 2 is 1.49 bits per heavy atom. The summed E-state index contributed by atoms with van der Waals surface area (Å²) in [6.07, 6.45) is 1.29. The average Bonchev–Trinajstić information content (AvgIpc) is 2.92. The number of anilines is 1. The van der Waals surface area contributed by atoms with E-state index >= 15 is 0 Å². The number of hydrogen-bond donors (Lipinski definition) is 1. The molecule has 8 heteroatoms. The van der Waals surface area contributed by atoms with E-state index in [1.807, 2.05) is 70.2 Å². The molecule has 0 aliphatic heterocycles. The highest BCUT2D eigenvalue weighted by molar-refractivity contribution is 7.92. The molecule has 0 aliphatic rings. The number of aryl methyl sites for hydroxylation is 2. The number of para-hydroxylation sites is 1. The number of rotatable bonds is 12. The quantitative estimate of drug-likeness (QED) is 0.349. The molecule has 0 saturated heterocycles. The van der Waals surface area contributed by atoms with Gasteiger partial charge in [-0.3, -0.25) is 13.9 Å². The first-order chi connectivity index (χ1) is 18.5. The van der Waals surface area contributed by atoms with E-state index in [9.17, 15) is 18.0 Å². The van der Waals surface area contributed by atoms with Crippen LogP contribution in [0.1, 0.15) is 43.9 Å². The third-order valence-corrected chi connectivity index (χ3v) is 8.70. The van der Waals surface area contributed by atoms with Gasteiger partial charge in [-0.2, -0.15) is 0 Å². The molecular formula is C31H39N3O4S. The van der Waals surface area contributed by atoms with Crippen molar-refractivity contribution in [3.8, 4) is 0 Å². The van der Waals surface area contributed by atoms with Crippen molar-refractivity contribution in [3.63, 3.8) is 0 Å². The molecule has 2 amide bonds. The highest BCUT2D eigenvalue weighted by Crippen LogP contribution is 2.27. The third kappa shape index (κ3) is 7.69. The zero-order valence-electron chi connectivity index (χ0n) is 23.4. The number of hydrogen-bond acceptors (Lipinski definition) is 4. The van der Waals surface area contributed by atoms with Crippen LogP contribution in [0.4, 0.5) is 5.69 Å². The second-order valence-electron chi connectivity index (χ2n) is 9.93. The van der Waals surface area contributed by atoms with Crippen molar-refractivity contribution in [2.24, 2.45) is 0 Å². The van der Waals surface area contributed by atoms with Crippen LogP contribution < -0.4 is 9.62 Å². The fraction of sp³-hybridized carbons (Fsp3) is 0.355. The molecule has 2 atom stereocenters. The van der Waals surface area contributed by atoms with Gasteiger partial charge in [-0.15, -0.1) is 0 Å². The van der Waals surface area contributed by atoms with Crippen LogP contribution in [0.15, 0.2) is 83.8 Å². The number of nitrogens with zero attached hydrogens (tertiary/aromatic N) is 2. The number of amides is 2. The van der Waals surface area contributed by atoms with Crippen molar-refractivity contribution in [1.29, 1.82) is 0 Å². The number of carbonyl (C=O) groups excluding carboxylic acids is 2.